The number of carboxylic acid groups (broad SMARTS) is 1. The second-order valence-electron chi connectivity index (χ2n) is 4.08. The van der Waals surface area contributed by atoms with Gasteiger partial charge in [-0.2, -0.15) is 13.2 Å². The van der Waals surface area contributed by atoms with E-state index in [1.807, 2.05) is 0 Å². The minimum Gasteiger partial charge on any atom is -0.481 e. The second-order valence-corrected chi connectivity index (χ2v) is 4.08. The summed E-state index contributed by atoms with van der Waals surface area (Å²) in [6.45, 7) is -0.377. The van der Waals surface area contributed by atoms with Gasteiger partial charge in [-0.15, -0.1) is 0 Å². The summed E-state index contributed by atoms with van der Waals surface area (Å²) in [4.78, 5) is 22.2. The summed E-state index contributed by atoms with van der Waals surface area (Å²) < 4.78 is 37.0. The monoisotopic (exact) mass is 253 g/mol. The number of amides is 1. The number of carboxylic acids is 1. The highest BCUT2D eigenvalue weighted by molar-refractivity contribution is 5.82. The molecule has 0 aromatic carbocycles. The second kappa shape index (κ2) is 5.37. The molecule has 0 aromatic heterocycles. The third-order valence-electron chi connectivity index (χ3n) is 2.84. The maximum Gasteiger partial charge on any atom is 0.471 e. The van der Waals surface area contributed by atoms with E-state index in [2.05, 4.69) is 0 Å². The zero-order chi connectivity index (χ0) is 13.1. The van der Waals surface area contributed by atoms with Crippen LogP contribution in [-0.2, 0) is 9.59 Å². The Bertz CT molecular complexity index is 298. The molecule has 17 heavy (non-hydrogen) atoms. The first-order valence-electron chi connectivity index (χ1n) is 5.42. The van der Waals surface area contributed by atoms with Gasteiger partial charge in [0, 0.05) is 12.6 Å². The van der Waals surface area contributed by atoms with E-state index in [1.54, 1.807) is 0 Å². The predicted molar refractivity (Wildman–Crippen MR) is 52.3 cm³/mol. The summed E-state index contributed by atoms with van der Waals surface area (Å²) in [5.74, 6) is -3.13. The van der Waals surface area contributed by atoms with Crippen LogP contribution < -0.4 is 0 Å². The first kappa shape index (κ1) is 13.8. The molecule has 7 heteroatoms. The topological polar surface area (TPSA) is 57.6 Å². The number of rotatable bonds is 4. The lowest BCUT2D eigenvalue weighted by Crippen LogP contribution is -2.47. The van der Waals surface area contributed by atoms with E-state index < -0.39 is 30.5 Å². The van der Waals surface area contributed by atoms with E-state index in [9.17, 15) is 22.8 Å². The summed E-state index contributed by atoms with van der Waals surface area (Å²) in [7, 11) is 0. The number of halogens is 3. The molecule has 1 amide bonds. The molecule has 0 aromatic rings. The van der Waals surface area contributed by atoms with Crippen molar-refractivity contribution in [1.82, 2.24) is 4.90 Å². The Morgan fingerprint density at radius 1 is 1.24 bits per heavy atom. The Morgan fingerprint density at radius 2 is 1.76 bits per heavy atom. The normalized spacial score (nSPS) is 17.1. The molecule has 1 fully saturated rings. The van der Waals surface area contributed by atoms with Crippen LogP contribution in [0.25, 0.3) is 0 Å². The lowest BCUT2D eigenvalue weighted by atomic mass is 10.2. The van der Waals surface area contributed by atoms with E-state index in [0.717, 1.165) is 12.8 Å². The number of carbonyl (C=O) groups excluding carboxylic acids is 1. The SMILES string of the molecule is O=C(O)CCN(C(=O)C(F)(F)F)C1CCCC1. The fraction of sp³-hybridized carbons (Fsp3) is 0.800. The lowest BCUT2D eigenvalue weighted by molar-refractivity contribution is -0.188. The van der Waals surface area contributed by atoms with Gasteiger partial charge in [-0.05, 0) is 12.8 Å². The molecule has 1 saturated carbocycles. The average Bonchev–Trinajstić information content (AvgIpc) is 2.69. The van der Waals surface area contributed by atoms with Gasteiger partial charge in [0.15, 0.2) is 0 Å². The van der Waals surface area contributed by atoms with Crippen molar-refractivity contribution in [2.75, 3.05) is 6.54 Å². The third kappa shape index (κ3) is 3.90. The van der Waals surface area contributed by atoms with Crippen molar-refractivity contribution in [2.24, 2.45) is 0 Å². The van der Waals surface area contributed by atoms with Gasteiger partial charge in [0.25, 0.3) is 0 Å². The number of aliphatic carboxylic acids is 1. The predicted octanol–water partition coefficient (Wildman–Crippen LogP) is 1.79. The highest BCUT2D eigenvalue weighted by Gasteiger charge is 2.44. The van der Waals surface area contributed by atoms with Gasteiger partial charge in [-0.25, -0.2) is 0 Å². The summed E-state index contributed by atoms with van der Waals surface area (Å²) in [5, 5.41) is 8.47. The summed E-state index contributed by atoms with van der Waals surface area (Å²) in [6, 6.07) is -0.469. The van der Waals surface area contributed by atoms with Crippen LogP contribution in [0.2, 0.25) is 0 Å². The van der Waals surface area contributed by atoms with Crippen LogP contribution in [0, 0.1) is 0 Å². The van der Waals surface area contributed by atoms with Crippen LogP contribution in [0.4, 0.5) is 13.2 Å². The van der Waals surface area contributed by atoms with Crippen LogP contribution >= 0.6 is 0 Å². The smallest absolute Gasteiger partial charge is 0.471 e. The van der Waals surface area contributed by atoms with Crippen molar-refractivity contribution >= 4 is 11.9 Å². The van der Waals surface area contributed by atoms with Gasteiger partial charge in [0.1, 0.15) is 0 Å². The van der Waals surface area contributed by atoms with Crippen molar-refractivity contribution in [3.63, 3.8) is 0 Å². The molecule has 0 unspecified atom stereocenters. The molecule has 0 spiro atoms. The van der Waals surface area contributed by atoms with Crippen LogP contribution in [-0.4, -0.2) is 40.6 Å². The molecule has 0 saturated heterocycles. The molecule has 1 aliphatic rings. The van der Waals surface area contributed by atoms with Gasteiger partial charge in [-0.3, -0.25) is 9.59 Å². The summed E-state index contributed by atoms with van der Waals surface area (Å²) in [5.41, 5.74) is 0. The molecular weight excluding hydrogens is 239 g/mol. The minimum atomic E-state index is -4.93. The zero-order valence-corrected chi connectivity index (χ0v) is 9.16. The summed E-state index contributed by atoms with van der Waals surface area (Å²) in [6.07, 6.45) is -2.80. The van der Waals surface area contributed by atoms with Gasteiger partial charge in [0.2, 0.25) is 0 Å². The molecule has 0 radical (unpaired) electrons. The number of nitrogens with zero attached hydrogens (tertiary/aromatic N) is 1. The van der Waals surface area contributed by atoms with E-state index in [4.69, 9.17) is 5.11 Å². The molecule has 1 N–H and O–H groups in total. The van der Waals surface area contributed by atoms with Crippen molar-refractivity contribution in [1.29, 1.82) is 0 Å². The Kier molecular flexibility index (Phi) is 4.36. The van der Waals surface area contributed by atoms with Crippen molar-refractivity contribution in [2.45, 2.75) is 44.3 Å². The fourth-order valence-corrected chi connectivity index (χ4v) is 2.04. The number of hydrogen-bond donors (Lipinski definition) is 1. The molecule has 0 heterocycles. The van der Waals surface area contributed by atoms with Crippen molar-refractivity contribution in [3.05, 3.63) is 0 Å². The Morgan fingerprint density at radius 3 is 2.18 bits per heavy atom. The maximum absolute atomic E-state index is 12.3. The summed E-state index contributed by atoms with van der Waals surface area (Å²) >= 11 is 0. The van der Waals surface area contributed by atoms with E-state index in [-0.39, 0.29) is 6.54 Å². The van der Waals surface area contributed by atoms with Crippen LogP contribution in [0.15, 0.2) is 0 Å². The Labute approximate surface area is 96.4 Å². The van der Waals surface area contributed by atoms with Crippen LogP contribution in [0.1, 0.15) is 32.1 Å². The molecule has 1 rings (SSSR count). The average molecular weight is 253 g/mol. The number of alkyl halides is 3. The molecular formula is C10H14F3NO3. The zero-order valence-electron chi connectivity index (χ0n) is 9.16. The first-order chi connectivity index (χ1) is 7.82. The fourth-order valence-electron chi connectivity index (χ4n) is 2.04. The van der Waals surface area contributed by atoms with Gasteiger partial charge < -0.3 is 10.0 Å². The minimum absolute atomic E-state index is 0.377. The maximum atomic E-state index is 12.3. The largest absolute Gasteiger partial charge is 0.481 e. The number of carbonyl (C=O) groups is 2. The first-order valence-corrected chi connectivity index (χ1v) is 5.42. The molecule has 0 aliphatic heterocycles. The van der Waals surface area contributed by atoms with Gasteiger partial charge in [-0.1, -0.05) is 12.8 Å². The molecule has 4 nitrogen and oxygen atoms in total. The Hall–Kier alpha value is -1.27. The van der Waals surface area contributed by atoms with Gasteiger partial charge in [0.05, 0.1) is 6.42 Å². The molecule has 1 aliphatic carbocycles. The van der Waals surface area contributed by atoms with Crippen molar-refractivity contribution < 1.29 is 27.9 Å². The highest BCUT2D eigenvalue weighted by atomic mass is 19.4. The van der Waals surface area contributed by atoms with Crippen LogP contribution in [0.5, 0.6) is 0 Å². The quantitative estimate of drug-likeness (QED) is 0.831. The standard InChI is InChI=1S/C10H14F3NO3/c11-10(12,13)9(17)14(6-5-8(15)16)7-3-1-2-4-7/h7H,1-6H2,(H,15,16). The van der Waals surface area contributed by atoms with E-state index in [0.29, 0.717) is 17.7 Å². The highest BCUT2D eigenvalue weighted by Crippen LogP contribution is 2.28. The van der Waals surface area contributed by atoms with Crippen LogP contribution in [0.3, 0.4) is 0 Å². The molecule has 98 valence electrons. The Balaban J connectivity index is 2.70. The van der Waals surface area contributed by atoms with E-state index >= 15 is 0 Å². The molecule has 0 bridgehead atoms. The van der Waals surface area contributed by atoms with Crippen molar-refractivity contribution in [3.8, 4) is 0 Å². The van der Waals surface area contributed by atoms with Gasteiger partial charge >= 0.3 is 18.1 Å². The number of hydrogen-bond acceptors (Lipinski definition) is 2. The molecule has 0 atom stereocenters. The lowest BCUT2D eigenvalue weighted by Gasteiger charge is -2.29. The third-order valence-corrected chi connectivity index (χ3v) is 2.84. The van der Waals surface area contributed by atoms with E-state index in [1.165, 1.54) is 0 Å².